The third kappa shape index (κ3) is 2.86. The number of amides is 1. The highest BCUT2D eigenvalue weighted by atomic mass is 35.5. The van der Waals surface area contributed by atoms with Crippen LogP contribution in [0.2, 0.25) is 5.02 Å². The lowest BCUT2D eigenvalue weighted by Crippen LogP contribution is -2.15. The number of carbonyl (C=O) groups is 2. The van der Waals surface area contributed by atoms with Crippen LogP contribution in [0.15, 0.2) is 36.9 Å². The SMILES string of the molecule is O=C(Nc1cccc(Cl)c1C(=O)O)c1cncnc1. The minimum Gasteiger partial charge on any atom is -0.478 e. The first kappa shape index (κ1) is 13.0. The molecule has 1 amide bonds. The van der Waals surface area contributed by atoms with E-state index in [9.17, 15) is 9.59 Å². The van der Waals surface area contributed by atoms with Crippen molar-refractivity contribution in [2.75, 3.05) is 5.32 Å². The van der Waals surface area contributed by atoms with Crippen molar-refractivity contribution in [1.82, 2.24) is 9.97 Å². The Morgan fingerprint density at radius 3 is 2.53 bits per heavy atom. The second-order valence-corrected chi connectivity index (χ2v) is 3.96. The van der Waals surface area contributed by atoms with E-state index in [1.54, 1.807) is 6.07 Å². The molecule has 0 aliphatic heterocycles. The third-order valence-electron chi connectivity index (χ3n) is 2.30. The van der Waals surface area contributed by atoms with E-state index in [1.807, 2.05) is 0 Å². The van der Waals surface area contributed by atoms with Crippen molar-refractivity contribution in [3.63, 3.8) is 0 Å². The van der Waals surface area contributed by atoms with E-state index in [0.717, 1.165) is 0 Å². The number of nitrogens with zero attached hydrogens (tertiary/aromatic N) is 2. The van der Waals surface area contributed by atoms with Gasteiger partial charge < -0.3 is 10.4 Å². The Morgan fingerprint density at radius 2 is 1.89 bits per heavy atom. The Labute approximate surface area is 113 Å². The summed E-state index contributed by atoms with van der Waals surface area (Å²) in [6.07, 6.45) is 3.94. The fraction of sp³-hybridized carbons (Fsp3) is 0. The zero-order valence-corrected chi connectivity index (χ0v) is 10.3. The normalized spacial score (nSPS) is 9.95. The molecular formula is C12H8ClN3O3. The van der Waals surface area contributed by atoms with Gasteiger partial charge in [-0.2, -0.15) is 0 Å². The van der Waals surface area contributed by atoms with E-state index < -0.39 is 11.9 Å². The molecule has 0 saturated heterocycles. The molecule has 0 unspecified atom stereocenters. The van der Waals surface area contributed by atoms with E-state index in [0.29, 0.717) is 0 Å². The quantitative estimate of drug-likeness (QED) is 0.896. The number of rotatable bonds is 3. The van der Waals surface area contributed by atoms with Gasteiger partial charge in [-0.3, -0.25) is 4.79 Å². The molecule has 2 aromatic rings. The van der Waals surface area contributed by atoms with Crippen molar-refractivity contribution in [2.45, 2.75) is 0 Å². The van der Waals surface area contributed by atoms with Gasteiger partial charge in [-0.15, -0.1) is 0 Å². The van der Waals surface area contributed by atoms with Crippen molar-refractivity contribution in [3.05, 3.63) is 53.1 Å². The first-order chi connectivity index (χ1) is 9.09. The molecule has 0 spiro atoms. The zero-order chi connectivity index (χ0) is 13.8. The summed E-state index contributed by atoms with van der Waals surface area (Å²) in [4.78, 5) is 30.4. The maximum absolute atomic E-state index is 11.9. The molecule has 19 heavy (non-hydrogen) atoms. The van der Waals surface area contributed by atoms with E-state index >= 15 is 0 Å². The van der Waals surface area contributed by atoms with Gasteiger partial charge in [0.05, 0.1) is 16.3 Å². The van der Waals surface area contributed by atoms with Crippen molar-refractivity contribution in [2.24, 2.45) is 0 Å². The molecule has 1 aromatic carbocycles. The molecule has 1 heterocycles. The average Bonchev–Trinajstić information content (AvgIpc) is 2.39. The van der Waals surface area contributed by atoms with Crippen molar-refractivity contribution >= 4 is 29.2 Å². The van der Waals surface area contributed by atoms with Gasteiger partial charge in [-0.25, -0.2) is 14.8 Å². The molecule has 0 aliphatic rings. The number of carboxylic acid groups (broad SMARTS) is 1. The number of nitrogens with one attached hydrogen (secondary N) is 1. The van der Waals surface area contributed by atoms with Gasteiger partial charge in [0, 0.05) is 12.4 Å². The molecule has 1 aromatic heterocycles. The van der Waals surface area contributed by atoms with Gasteiger partial charge in [0.25, 0.3) is 5.91 Å². The Hall–Kier alpha value is -2.47. The van der Waals surface area contributed by atoms with Crippen LogP contribution in [0.5, 0.6) is 0 Å². The Bertz CT molecular complexity index is 631. The Balaban J connectivity index is 2.32. The van der Waals surface area contributed by atoms with Gasteiger partial charge >= 0.3 is 5.97 Å². The molecular weight excluding hydrogens is 270 g/mol. The van der Waals surface area contributed by atoms with Crippen LogP contribution >= 0.6 is 11.6 Å². The molecule has 0 saturated carbocycles. The van der Waals surface area contributed by atoms with Gasteiger partial charge in [0.1, 0.15) is 11.9 Å². The van der Waals surface area contributed by atoms with Crippen molar-refractivity contribution < 1.29 is 14.7 Å². The summed E-state index contributed by atoms with van der Waals surface area (Å²) in [7, 11) is 0. The monoisotopic (exact) mass is 277 g/mol. The highest BCUT2D eigenvalue weighted by molar-refractivity contribution is 6.34. The minimum atomic E-state index is -1.22. The largest absolute Gasteiger partial charge is 0.478 e. The number of aromatic nitrogens is 2. The lowest BCUT2D eigenvalue weighted by atomic mass is 10.1. The summed E-state index contributed by atoms with van der Waals surface area (Å²) in [5, 5.41) is 11.6. The van der Waals surface area contributed by atoms with E-state index in [4.69, 9.17) is 16.7 Å². The molecule has 0 fully saturated rings. The van der Waals surface area contributed by atoms with Crippen LogP contribution in [0.4, 0.5) is 5.69 Å². The number of aromatic carboxylic acids is 1. The van der Waals surface area contributed by atoms with Gasteiger partial charge in [-0.1, -0.05) is 17.7 Å². The van der Waals surface area contributed by atoms with Gasteiger partial charge in [-0.05, 0) is 12.1 Å². The average molecular weight is 278 g/mol. The van der Waals surface area contributed by atoms with Crippen molar-refractivity contribution in [3.8, 4) is 0 Å². The number of carboxylic acids is 1. The Kier molecular flexibility index (Phi) is 3.72. The molecule has 2 N–H and O–H groups in total. The fourth-order valence-electron chi connectivity index (χ4n) is 1.46. The molecule has 0 radical (unpaired) electrons. The van der Waals surface area contributed by atoms with Crippen LogP contribution < -0.4 is 5.32 Å². The third-order valence-corrected chi connectivity index (χ3v) is 2.61. The summed E-state index contributed by atoms with van der Waals surface area (Å²) < 4.78 is 0. The number of hydrogen-bond acceptors (Lipinski definition) is 4. The highest BCUT2D eigenvalue weighted by Gasteiger charge is 2.16. The summed E-state index contributed by atoms with van der Waals surface area (Å²) in [5.41, 5.74) is 0.182. The van der Waals surface area contributed by atoms with E-state index in [-0.39, 0.29) is 21.8 Å². The number of carbonyl (C=O) groups excluding carboxylic acids is 1. The summed E-state index contributed by atoms with van der Waals surface area (Å²) in [6, 6.07) is 4.44. The van der Waals surface area contributed by atoms with E-state index in [1.165, 1.54) is 30.9 Å². The van der Waals surface area contributed by atoms with Gasteiger partial charge in [0.2, 0.25) is 0 Å². The molecule has 2 rings (SSSR count). The molecule has 6 nitrogen and oxygen atoms in total. The number of halogens is 1. The second kappa shape index (κ2) is 5.45. The molecule has 0 atom stereocenters. The minimum absolute atomic E-state index is 0.0506. The number of anilines is 1. The highest BCUT2D eigenvalue weighted by Crippen LogP contribution is 2.24. The summed E-state index contributed by atoms with van der Waals surface area (Å²) >= 11 is 5.80. The smallest absolute Gasteiger partial charge is 0.339 e. The van der Waals surface area contributed by atoms with Crippen LogP contribution in [0, 0.1) is 0 Å². The van der Waals surface area contributed by atoms with Crippen LogP contribution in [0.3, 0.4) is 0 Å². The standard InChI is InChI=1S/C12H8ClN3O3/c13-8-2-1-3-9(10(8)12(18)19)16-11(17)7-4-14-6-15-5-7/h1-6H,(H,16,17)(H,18,19). The predicted octanol–water partition coefficient (Wildman–Crippen LogP) is 2.08. The predicted molar refractivity (Wildman–Crippen MR) is 68.4 cm³/mol. The van der Waals surface area contributed by atoms with Gasteiger partial charge in [0.15, 0.2) is 0 Å². The first-order valence-corrected chi connectivity index (χ1v) is 5.55. The summed E-state index contributed by atoms with van der Waals surface area (Å²) in [6.45, 7) is 0. The van der Waals surface area contributed by atoms with Crippen LogP contribution in [-0.4, -0.2) is 27.0 Å². The summed E-state index contributed by atoms with van der Waals surface area (Å²) in [5.74, 6) is -1.73. The lowest BCUT2D eigenvalue weighted by molar-refractivity contribution is 0.0698. The van der Waals surface area contributed by atoms with Crippen LogP contribution in [0.25, 0.3) is 0 Å². The molecule has 0 bridgehead atoms. The molecule has 0 aliphatic carbocycles. The van der Waals surface area contributed by atoms with Crippen LogP contribution in [0.1, 0.15) is 20.7 Å². The first-order valence-electron chi connectivity index (χ1n) is 5.18. The number of benzene rings is 1. The Morgan fingerprint density at radius 1 is 1.21 bits per heavy atom. The molecule has 96 valence electrons. The maximum atomic E-state index is 11.9. The lowest BCUT2D eigenvalue weighted by Gasteiger charge is -2.09. The van der Waals surface area contributed by atoms with Crippen LogP contribution in [-0.2, 0) is 0 Å². The molecule has 7 heteroatoms. The zero-order valence-electron chi connectivity index (χ0n) is 9.50. The maximum Gasteiger partial charge on any atom is 0.339 e. The topological polar surface area (TPSA) is 92.2 Å². The van der Waals surface area contributed by atoms with Crippen molar-refractivity contribution in [1.29, 1.82) is 0 Å². The fourth-order valence-corrected chi connectivity index (χ4v) is 1.71. The van der Waals surface area contributed by atoms with E-state index in [2.05, 4.69) is 15.3 Å². The number of hydrogen-bond donors (Lipinski definition) is 2. The second-order valence-electron chi connectivity index (χ2n) is 3.55.